The monoisotopic (exact) mass is 222 g/mol. The summed E-state index contributed by atoms with van der Waals surface area (Å²) in [6.07, 6.45) is 8.67. The average molecular weight is 222 g/mol. The normalized spacial score (nSPS) is 40.7. The Kier molecular flexibility index (Phi) is 3.21. The molecule has 0 radical (unpaired) electrons. The zero-order chi connectivity index (χ0) is 11.0. The summed E-state index contributed by atoms with van der Waals surface area (Å²) in [6, 6.07) is 1.82. The molecule has 2 nitrogen and oxygen atoms in total. The van der Waals surface area contributed by atoms with Crippen LogP contribution in [0.4, 0.5) is 0 Å². The molecule has 92 valence electrons. The highest BCUT2D eigenvalue weighted by molar-refractivity contribution is 4.93. The van der Waals surface area contributed by atoms with Crippen molar-refractivity contribution in [2.45, 2.75) is 57.5 Å². The molecule has 1 N–H and O–H groups in total. The molecule has 3 atom stereocenters. The predicted molar refractivity (Wildman–Crippen MR) is 67.5 cm³/mol. The molecule has 3 unspecified atom stereocenters. The summed E-state index contributed by atoms with van der Waals surface area (Å²) in [7, 11) is 0. The maximum atomic E-state index is 3.71. The zero-order valence-electron chi connectivity index (χ0n) is 10.6. The molecule has 0 amide bonds. The fourth-order valence-electron chi connectivity index (χ4n) is 3.40. The van der Waals surface area contributed by atoms with Crippen molar-refractivity contribution in [2.75, 3.05) is 19.6 Å². The van der Waals surface area contributed by atoms with E-state index >= 15 is 0 Å². The Hall–Kier alpha value is -0.0800. The summed E-state index contributed by atoms with van der Waals surface area (Å²) in [4.78, 5) is 2.79. The second-order valence-electron chi connectivity index (χ2n) is 6.33. The minimum Gasteiger partial charge on any atom is -0.314 e. The Morgan fingerprint density at radius 1 is 1.12 bits per heavy atom. The van der Waals surface area contributed by atoms with Crippen LogP contribution in [-0.2, 0) is 0 Å². The first-order chi connectivity index (χ1) is 7.83. The van der Waals surface area contributed by atoms with Crippen molar-refractivity contribution in [1.29, 1.82) is 0 Å². The van der Waals surface area contributed by atoms with E-state index in [1.54, 1.807) is 0 Å². The number of hydrogen-bond donors (Lipinski definition) is 1. The van der Waals surface area contributed by atoms with Crippen LogP contribution in [0, 0.1) is 11.8 Å². The van der Waals surface area contributed by atoms with Gasteiger partial charge >= 0.3 is 0 Å². The minimum atomic E-state index is 0.890. The number of nitrogens with zero attached hydrogens (tertiary/aromatic N) is 1. The van der Waals surface area contributed by atoms with Crippen LogP contribution in [-0.4, -0.2) is 36.6 Å². The molecule has 2 aliphatic carbocycles. The van der Waals surface area contributed by atoms with E-state index in [0.717, 1.165) is 23.9 Å². The Morgan fingerprint density at radius 3 is 2.62 bits per heavy atom. The van der Waals surface area contributed by atoms with Crippen molar-refractivity contribution in [3.8, 4) is 0 Å². The fourth-order valence-corrected chi connectivity index (χ4v) is 3.40. The van der Waals surface area contributed by atoms with Gasteiger partial charge in [-0.05, 0) is 63.5 Å². The predicted octanol–water partition coefficient (Wildman–Crippen LogP) is 2.25. The van der Waals surface area contributed by atoms with Gasteiger partial charge in [0.1, 0.15) is 0 Å². The van der Waals surface area contributed by atoms with E-state index in [2.05, 4.69) is 17.1 Å². The molecule has 1 saturated heterocycles. The Morgan fingerprint density at radius 2 is 2.00 bits per heavy atom. The highest BCUT2D eigenvalue weighted by Crippen LogP contribution is 2.34. The topological polar surface area (TPSA) is 15.3 Å². The lowest BCUT2D eigenvalue weighted by molar-refractivity contribution is 0.0315. The molecule has 3 aliphatic rings. The van der Waals surface area contributed by atoms with Gasteiger partial charge in [-0.2, -0.15) is 0 Å². The summed E-state index contributed by atoms with van der Waals surface area (Å²) in [5.41, 5.74) is 0. The van der Waals surface area contributed by atoms with E-state index in [0.29, 0.717) is 0 Å². The third-order valence-electron chi connectivity index (χ3n) is 4.78. The van der Waals surface area contributed by atoms with Gasteiger partial charge in [0.15, 0.2) is 0 Å². The third kappa shape index (κ3) is 2.43. The van der Waals surface area contributed by atoms with Crippen LogP contribution < -0.4 is 5.32 Å². The lowest BCUT2D eigenvalue weighted by Gasteiger charge is -2.47. The van der Waals surface area contributed by atoms with Gasteiger partial charge < -0.3 is 5.32 Å². The van der Waals surface area contributed by atoms with Crippen LogP contribution in [0.25, 0.3) is 0 Å². The highest BCUT2D eigenvalue weighted by Gasteiger charge is 2.37. The lowest BCUT2D eigenvalue weighted by atomic mass is 9.77. The molecule has 3 fully saturated rings. The number of rotatable bonds is 4. The minimum absolute atomic E-state index is 0.890. The fraction of sp³-hybridized carbons (Fsp3) is 1.00. The van der Waals surface area contributed by atoms with E-state index in [4.69, 9.17) is 0 Å². The number of nitrogens with one attached hydrogen (secondary N) is 1. The number of likely N-dealkylation sites (tertiary alicyclic amines) is 1. The summed E-state index contributed by atoms with van der Waals surface area (Å²) in [5, 5.41) is 3.71. The molecule has 1 aliphatic heterocycles. The Balaban J connectivity index is 1.45. The Labute approximate surface area is 99.8 Å². The van der Waals surface area contributed by atoms with Crippen LogP contribution in [0.1, 0.15) is 45.4 Å². The molecular formula is C14H26N2. The Bertz CT molecular complexity index is 237. The highest BCUT2D eigenvalue weighted by atomic mass is 15.2. The standard InChI is InChI=1S/C14H26N2/c1-11-3-2-8-16(10-11)14-7-4-12(14)9-15-13-5-6-13/h11-15H,2-10H2,1H3. The summed E-state index contributed by atoms with van der Waals surface area (Å²) >= 11 is 0. The van der Waals surface area contributed by atoms with E-state index < -0.39 is 0 Å². The van der Waals surface area contributed by atoms with Crippen molar-refractivity contribution in [3.63, 3.8) is 0 Å². The first kappa shape index (κ1) is 11.0. The molecule has 2 saturated carbocycles. The molecule has 2 heteroatoms. The molecule has 3 rings (SSSR count). The first-order valence-electron chi connectivity index (χ1n) is 7.30. The molecule has 0 bridgehead atoms. The second-order valence-corrected chi connectivity index (χ2v) is 6.33. The maximum Gasteiger partial charge on any atom is 0.0136 e. The SMILES string of the molecule is CC1CCCN(C2CCC2CNC2CC2)C1. The molecule has 0 aromatic carbocycles. The van der Waals surface area contributed by atoms with Crippen LogP contribution >= 0.6 is 0 Å². The number of hydrogen-bond acceptors (Lipinski definition) is 2. The van der Waals surface area contributed by atoms with Gasteiger partial charge in [-0.1, -0.05) is 6.92 Å². The molecule has 0 aromatic rings. The quantitative estimate of drug-likeness (QED) is 0.785. The van der Waals surface area contributed by atoms with Crippen LogP contribution in [0.2, 0.25) is 0 Å². The maximum absolute atomic E-state index is 3.71. The van der Waals surface area contributed by atoms with Crippen molar-refractivity contribution in [1.82, 2.24) is 10.2 Å². The molecule has 0 spiro atoms. The molecule has 16 heavy (non-hydrogen) atoms. The number of piperidine rings is 1. The van der Waals surface area contributed by atoms with Crippen LogP contribution in [0.3, 0.4) is 0 Å². The average Bonchev–Trinajstić information content (AvgIpc) is 3.00. The van der Waals surface area contributed by atoms with E-state index in [1.807, 2.05) is 0 Å². The third-order valence-corrected chi connectivity index (χ3v) is 4.78. The van der Waals surface area contributed by atoms with Crippen molar-refractivity contribution in [2.24, 2.45) is 11.8 Å². The van der Waals surface area contributed by atoms with Gasteiger partial charge in [0.25, 0.3) is 0 Å². The second kappa shape index (κ2) is 4.66. The van der Waals surface area contributed by atoms with Gasteiger partial charge in [0.2, 0.25) is 0 Å². The molecular weight excluding hydrogens is 196 g/mol. The van der Waals surface area contributed by atoms with Crippen molar-refractivity contribution in [3.05, 3.63) is 0 Å². The van der Waals surface area contributed by atoms with E-state index in [9.17, 15) is 0 Å². The van der Waals surface area contributed by atoms with Gasteiger partial charge in [-0.3, -0.25) is 4.90 Å². The van der Waals surface area contributed by atoms with Crippen LogP contribution in [0.5, 0.6) is 0 Å². The van der Waals surface area contributed by atoms with Gasteiger partial charge in [0.05, 0.1) is 0 Å². The zero-order valence-corrected chi connectivity index (χ0v) is 10.6. The molecule has 0 aromatic heterocycles. The van der Waals surface area contributed by atoms with Gasteiger partial charge in [-0.25, -0.2) is 0 Å². The van der Waals surface area contributed by atoms with Crippen LogP contribution in [0.15, 0.2) is 0 Å². The summed E-state index contributed by atoms with van der Waals surface area (Å²) in [5.74, 6) is 1.90. The largest absolute Gasteiger partial charge is 0.314 e. The van der Waals surface area contributed by atoms with Crippen molar-refractivity contribution < 1.29 is 0 Å². The lowest BCUT2D eigenvalue weighted by Crippen LogP contribution is -2.53. The van der Waals surface area contributed by atoms with Crippen molar-refractivity contribution >= 4 is 0 Å². The van der Waals surface area contributed by atoms with Gasteiger partial charge in [-0.15, -0.1) is 0 Å². The summed E-state index contributed by atoms with van der Waals surface area (Å²) in [6.45, 7) is 6.45. The smallest absolute Gasteiger partial charge is 0.0136 e. The van der Waals surface area contributed by atoms with E-state index in [-0.39, 0.29) is 0 Å². The summed E-state index contributed by atoms with van der Waals surface area (Å²) < 4.78 is 0. The van der Waals surface area contributed by atoms with Gasteiger partial charge in [0, 0.05) is 18.6 Å². The molecule has 1 heterocycles. The first-order valence-corrected chi connectivity index (χ1v) is 7.30. The van der Waals surface area contributed by atoms with E-state index in [1.165, 1.54) is 58.2 Å².